The summed E-state index contributed by atoms with van der Waals surface area (Å²) in [5, 5.41) is 0. The van der Waals surface area contributed by atoms with Gasteiger partial charge in [0.2, 0.25) is 0 Å². The van der Waals surface area contributed by atoms with Gasteiger partial charge in [-0.15, -0.1) is 0 Å². The maximum atomic E-state index is 5.66. The van der Waals surface area contributed by atoms with Crippen molar-refractivity contribution in [1.82, 2.24) is 0 Å². The maximum absolute atomic E-state index is 5.66. The molecule has 0 unspecified atom stereocenters. The standard InChI is InChI=1S/C15H21IO3/c1-11(10-19-15(3,17-4)18-5)12(2)13-7-6-8-14(16)9-13/h6-9H,10H2,1-5H3/b12-11+. The van der Waals surface area contributed by atoms with Gasteiger partial charge in [-0.1, -0.05) is 12.1 Å². The first-order chi connectivity index (χ1) is 8.91. The highest BCUT2D eigenvalue weighted by atomic mass is 127. The van der Waals surface area contributed by atoms with Crippen LogP contribution in [0.5, 0.6) is 0 Å². The van der Waals surface area contributed by atoms with Crippen molar-refractivity contribution < 1.29 is 14.2 Å². The third-order valence-corrected chi connectivity index (χ3v) is 3.86. The third kappa shape index (κ3) is 4.87. The van der Waals surface area contributed by atoms with Gasteiger partial charge in [0.15, 0.2) is 0 Å². The summed E-state index contributed by atoms with van der Waals surface area (Å²) in [5.74, 6) is -0.993. The van der Waals surface area contributed by atoms with E-state index in [1.807, 2.05) is 0 Å². The summed E-state index contributed by atoms with van der Waals surface area (Å²) in [6.45, 7) is 6.37. The van der Waals surface area contributed by atoms with Crippen LogP contribution >= 0.6 is 22.6 Å². The van der Waals surface area contributed by atoms with Crippen molar-refractivity contribution in [3.8, 4) is 0 Å². The number of ether oxygens (including phenoxy) is 3. The summed E-state index contributed by atoms with van der Waals surface area (Å²) in [7, 11) is 3.13. The largest absolute Gasteiger partial charge is 0.331 e. The molecule has 0 fully saturated rings. The van der Waals surface area contributed by atoms with Crippen molar-refractivity contribution in [2.45, 2.75) is 26.7 Å². The van der Waals surface area contributed by atoms with Crippen molar-refractivity contribution in [3.05, 3.63) is 39.0 Å². The van der Waals surface area contributed by atoms with Crippen molar-refractivity contribution in [3.63, 3.8) is 0 Å². The summed E-state index contributed by atoms with van der Waals surface area (Å²) >= 11 is 2.31. The molecule has 1 aromatic rings. The summed E-state index contributed by atoms with van der Waals surface area (Å²) in [4.78, 5) is 0. The molecule has 0 aromatic heterocycles. The minimum atomic E-state index is -0.993. The Labute approximate surface area is 129 Å². The minimum absolute atomic E-state index is 0.468. The van der Waals surface area contributed by atoms with Gasteiger partial charge in [0.25, 0.3) is 5.97 Å². The second-order valence-corrected chi connectivity index (χ2v) is 5.72. The first-order valence-electron chi connectivity index (χ1n) is 6.08. The number of methoxy groups -OCH3 is 2. The van der Waals surface area contributed by atoms with Crippen LogP contribution in [0.25, 0.3) is 5.57 Å². The molecule has 1 aromatic carbocycles. The van der Waals surface area contributed by atoms with Crippen molar-refractivity contribution in [2.24, 2.45) is 0 Å². The molecule has 0 aliphatic rings. The van der Waals surface area contributed by atoms with Crippen molar-refractivity contribution in [1.29, 1.82) is 0 Å². The Morgan fingerprint density at radius 2 is 1.84 bits per heavy atom. The van der Waals surface area contributed by atoms with E-state index in [0.29, 0.717) is 6.61 Å². The molecule has 0 atom stereocenters. The maximum Gasteiger partial charge on any atom is 0.279 e. The number of hydrogen-bond acceptors (Lipinski definition) is 3. The smallest absolute Gasteiger partial charge is 0.279 e. The number of hydrogen-bond donors (Lipinski definition) is 0. The monoisotopic (exact) mass is 376 g/mol. The van der Waals surface area contributed by atoms with Crippen LogP contribution in [0.3, 0.4) is 0 Å². The van der Waals surface area contributed by atoms with Gasteiger partial charge >= 0.3 is 0 Å². The minimum Gasteiger partial charge on any atom is -0.331 e. The fourth-order valence-corrected chi connectivity index (χ4v) is 2.06. The molecular weight excluding hydrogens is 355 g/mol. The molecule has 0 radical (unpaired) electrons. The van der Waals surface area contributed by atoms with Gasteiger partial charge in [-0.3, -0.25) is 0 Å². The van der Waals surface area contributed by atoms with Gasteiger partial charge in [-0.25, -0.2) is 0 Å². The first kappa shape index (κ1) is 16.6. The van der Waals surface area contributed by atoms with Crippen LogP contribution in [0.1, 0.15) is 26.3 Å². The van der Waals surface area contributed by atoms with Crippen LogP contribution in [-0.2, 0) is 14.2 Å². The number of benzene rings is 1. The molecule has 1 rings (SSSR count). The van der Waals surface area contributed by atoms with E-state index in [1.165, 1.54) is 14.7 Å². The van der Waals surface area contributed by atoms with Gasteiger partial charge in [0.1, 0.15) is 0 Å². The molecule has 0 spiro atoms. The Balaban J connectivity index is 2.80. The Hall–Kier alpha value is -0.430. The number of rotatable bonds is 6. The highest BCUT2D eigenvalue weighted by Crippen LogP contribution is 2.22. The van der Waals surface area contributed by atoms with Crippen LogP contribution in [0.15, 0.2) is 29.8 Å². The first-order valence-corrected chi connectivity index (χ1v) is 7.16. The number of allylic oxidation sites excluding steroid dienone is 1. The fourth-order valence-electron chi connectivity index (χ4n) is 1.52. The second kappa shape index (κ2) is 7.38. The Morgan fingerprint density at radius 3 is 2.37 bits per heavy atom. The van der Waals surface area contributed by atoms with Crippen LogP contribution in [-0.4, -0.2) is 26.8 Å². The second-order valence-electron chi connectivity index (χ2n) is 4.47. The highest BCUT2D eigenvalue weighted by molar-refractivity contribution is 14.1. The van der Waals surface area contributed by atoms with E-state index < -0.39 is 5.97 Å². The molecule has 0 aliphatic carbocycles. The van der Waals surface area contributed by atoms with E-state index in [1.54, 1.807) is 21.1 Å². The molecule has 3 nitrogen and oxygen atoms in total. The summed E-state index contributed by atoms with van der Waals surface area (Å²) in [6, 6.07) is 8.40. The Kier molecular flexibility index (Phi) is 6.46. The van der Waals surface area contributed by atoms with Gasteiger partial charge < -0.3 is 14.2 Å². The summed E-state index contributed by atoms with van der Waals surface area (Å²) < 4.78 is 17.2. The van der Waals surface area contributed by atoms with Crippen LogP contribution in [0.2, 0.25) is 0 Å². The zero-order valence-corrected chi connectivity index (χ0v) is 14.3. The molecule has 106 valence electrons. The van der Waals surface area contributed by atoms with E-state index in [2.05, 4.69) is 60.7 Å². The quantitative estimate of drug-likeness (QED) is 0.554. The number of halogens is 1. The zero-order chi connectivity index (χ0) is 14.5. The average molecular weight is 376 g/mol. The Morgan fingerprint density at radius 1 is 1.21 bits per heavy atom. The van der Waals surface area contributed by atoms with Crippen LogP contribution < -0.4 is 0 Å². The van der Waals surface area contributed by atoms with Gasteiger partial charge in [0, 0.05) is 24.7 Å². The van der Waals surface area contributed by atoms with Gasteiger partial charge in [0.05, 0.1) is 6.61 Å². The highest BCUT2D eigenvalue weighted by Gasteiger charge is 2.23. The van der Waals surface area contributed by atoms with Gasteiger partial charge in [-0.05, 0) is 65.3 Å². The van der Waals surface area contributed by atoms with Crippen LogP contribution in [0.4, 0.5) is 0 Å². The predicted molar refractivity (Wildman–Crippen MR) is 85.8 cm³/mol. The van der Waals surface area contributed by atoms with Crippen molar-refractivity contribution >= 4 is 28.2 Å². The molecule has 0 N–H and O–H groups in total. The van der Waals surface area contributed by atoms with E-state index in [-0.39, 0.29) is 0 Å². The van der Waals surface area contributed by atoms with E-state index in [4.69, 9.17) is 14.2 Å². The molecule has 19 heavy (non-hydrogen) atoms. The van der Waals surface area contributed by atoms with E-state index >= 15 is 0 Å². The molecule has 4 heteroatoms. The fraction of sp³-hybridized carbons (Fsp3) is 0.467. The normalized spacial score (nSPS) is 13.4. The molecule has 0 amide bonds. The lowest BCUT2D eigenvalue weighted by Gasteiger charge is -2.26. The Bertz CT molecular complexity index is 450. The summed E-state index contributed by atoms with van der Waals surface area (Å²) in [6.07, 6.45) is 0. The lowest BCUT2D eigenvalue weighted by atomic mass is 10.0. The topological polar surface area (TPSA) is 27.7 Å². The molecule has 0 aliphatic heterocycles. The average Bonchev–Trinajstić information content (AvgIpc) is 2.43. The predicted octanol–water partition coefficient (Wildman–Crippen LogP) is 4.07. The molecule has 0 saturated carbocycles. The lowest BCUT2D eigenvalue weighted by Crippen LogP contribution is -2.33. The van der Waals surface area contributed by atoms with Crippen molar-refractivity contribution in [2.75, 3.05) is 20.8 Å². The third-order valence-electron chi connectivity index (χ3n) is 3.19. The van der Waals surface area contributed by atoms with Crippen LogP contribution in [0, 0.1) is 3.57 Å². The van der Waals surface area contributed by atoms with Gasteiger partial charge in [-0.2, -0.15) is 0 Å². The lowest BCUT2D eigenvalue weighted by molar-refractivity contribution is -0.347. The summed E-state index contributed by atoms with van der Waals surface area (Å²) in [5.41, 5.74) is 3.58. The SMILES string of the molecule is COC(C)(OC)OC/C(C)=C(\C)c1cccc(I)c1. The molecule has 0 saturated heterocycles. The molecule has 0 heterocycles. The van der Waals surface area contributed by atoms with E-state index in [9.17, 15) is 0 Å². The zero-order valence-electron chi connectivity index (χ0n) is 12.1. The van der Waals surface area contributed by atoms with E-state index in [0.717, 1.165) is 5.57 Å². The molecule has 0 bridgehead atoms. The molecular formula is C15H21IO3.